The molecule has 21 heavy (non-hydrogen) atoms. The van der Waals surface area contributed by atoms with Crippen LogP contribution < -0.4 is 14.8 Å². The van der Waals surface area contributed by atoms with E-state index in [9.17, 15) is 13.6 Å². The number of ether oxygens (including phenoxy) is 2. The van der Waals surface area contributed by atoms with Crippen LogP contribution >= 0.6 is 0 Å². The Kier molecular flexibility index (Phi) is 6.91. The summed E-state index contributed by atoms with van der Waals surface area (Å²) < 4.78 is 33.7. The molecule has 0 bridgehead atoms. The highest BCUT2D eigenvalue weighted by atomic mass is 19.3. The molecule has 1 rings (SSSR count). The Bertz CT molecular complexity index is 464. The van der Waals surface area contributed by atoms with E-state index in [2.05, 4.69) is 23.9 Å². The summed E-state index contributed by atoms with van der Waals surface area (Å²) >= 11 is 0. The third-order valence-corrected chi connectivity index (χ3v) is 2.89. The van der Waals surface area contributed by atoms with Gasteiger partial charge in [-0.05, 0) is 37.0 Å². The molecule has 0 unspecified atom stereocenters. The average molecular weight is 301 g/mol. The Labute approximate surface area is 123 Å². The number of alkyl halides is 2. The van der Waals surface area contributed by atoms with Crippen molar-refractivity contribution >= 4 is 5.91 Å². The van der Waals surface area contributed by atoms with Crippen LogP contribution in [0.5, 0.6) is 11.5 Å². The lowest BCUT2D eigenvalue weighted by molar-refractivity contribution is -0.0512. The van der Waals surface area contributed by atoms with Crippen LogP contribution in [-0.4, -0.2) is 26.2 Å². The minimum absolute atomic E-state index is 0.0937. The van der Waals surface area contributed by atoms with E-state index in [-0.39, 0.29) is 17.4 Å². The lowest BCUT2D eigenvalue weighted by atomic mass is 10.1. The summed E-state index contributed by atoms with van der Waals surface area (Å²) in [6.07, 6.45) is 1.93. The van der Waals surface area contributed by atoms with Crippen LogP contribution in [0.2, 0.25) is 0 Å². The van der Waals surface area contributed by atoms with Gasteiger partial charge in [0.15, 0.2) is 11.5 Å². The van der Waals surface area contributed by atoms with E-state index in [1.807, 2.05) is 0 Å². The second-order valence-electron chi connectivity index (χ2n) is 5.04. The summed E-state index contributed by atoms with van der Waals surface area (Å²) in [5.41, 5.74) is 0.345. The first kappa shape index (κ1) is 17.2. The third-order valence-electron chi connectivity index (χ3n) is 2.89. The van der Waals surface area contributed by atoms with Gasteiger partial charge in [0.1, 0.15) is 0 Å². The standard InChI is InChI=1S/C15H21F2NO3/c1-10(2)5-4-8-18-14(19)11-6-7-12(21-15(16)17)13(9-11)20-3/h6-7,9-10,15H,4-5,8H2,1-3H3,(H,18,19). The number of halogens is 2. The number of carbonyl (C=O) groups excluding carboxylic acids is 1. The van der Waals surface area contributed by atoms with Crippen LogP contribution in [0.15, 0.2) is 18.2 Å². The van der Waals surface area contributed by atoms with Gasteiger partial charge in [-0.1, -0.05) is 13.8 Å². The van der Waals surface area contributed by atoms with Gasteiger partial charge >= 0.3 is 6.61 Å². The van der Waals surface area contributed by atoms with Crippen molar-refractivity contribution in [1.82, 2.24) is 5.32 Å². The Morgan fingerprint density at radius 1 is 1.29 bits per heavy atom. The molecule has 0 heterocycles. The molecule has 1 aromatic rings. The van der Waals surface area contributed by atoms with Crippen molar-refractivity contribution in [3.8, 4) is 11.5 Å². The average Bonchev–Trinajstić information content (AvgIpc) is 2.43. The molecule has 0 saturated carbocycles. The Morgan fingerprint density at radius 3 is 2.57 bits per heavy atom. The number of hydrogen-bond donors (Lipinski definition) is 1. The highest BCUT2D eigenvalue weighted by molar-refractivity contribution is 5.94. The van der Waals surface area contributed by atoms with Crippen LogP contribution in [-0.2, 0) is 0 Å². The van der Waals surface area contributed by atoms with Crippen LogP contribution in [0.3, 0.4) is 0 Å². The molecule has 0 spiro atoms. The summed E-state index contributed by atoms with van der Waals surface area (Å²) in [5.74, 6) is 0.336. The Balaban J connectivity index is 2.64. The molecule has 1 N–H and O–H groups in total. The number of carbonyl (C=O) groups is 1. The van der Waals surface area contributed by atoms with Crippen molar-refractivity contribution in [3.05, 3.63) is 23.8 Å². The topological polar surface area (TPSA) is 47.6 Å². The van der Waals surface area contributed by atoms with Gasteiger partial charge in [-0.25, -0.2) is 0 Å². The zero-order valence-electron chi connectivity index (χ0n) is 12.5. The van der Waals surface area contributed by atoms with E-state index in [1.54, 1.807) is 0 Å². The molecule has 4 nitrogen and oxygen atoms in total. The third kappa shape index (κ3) is 5.97. The Morgan fingerprint density at radius 2 is 2.00 bits per heavy atom. The van der Waals surface area contributed by atoms with Crippen molar-refractivity contribution in [1.29, 1.82) is 0 Å². The number of amides is 1. The minimum Gasteiger partial charge on any atom is -0.493 e. The van der Waals surface area contributed by atoms with Crippen LogP contribution in [0.25, 0.3) is 0 Å². The van der Waals surface area contributed by atoms with Gasteiger partial charge in [0, 0.05) is 12.1 Å². The number of rotatable bonds is 8. The number of benzene rings is 1. The van der Waals surface area contributed by atoms with Gasteiger partial charge in [-0.15, -0.1) is 0 Å². The fraction of sp³-hybridized carbons (Fsp3) is 0.533. The second kappa shape index (κ2) is 8.44. The van der Waals surface area contributed by atoms with Gasteiger partial charge in [-0.2, -0.15) is 8.78 Å². The normalized spacial score (nSPS) is 10.8. The van der Waals surface area contributed by atoms with Crippen LogP contribution in [0, 0.1) is 5.92 Å². The van der Waals surface area contributed by atoms with Gasteiger partial charge < -0.3 is 14.8 Å². The van der Waals surface area contributed by atoms with E-state index in [4.69, 9.17) is 4.74 Å². The lowest BCUT2D eigenvalue weighted by Crippen LogP contribution is -2.24. The van der Waals surface area contributed by atoms with Crippen molar-refractivity contribution in [3.63, 3.8) is 0 Å². The zero-order chi connectivity index (χ0) is 15.8. The van der Waals surface area contributed by atoms with Crippen molar-refractivity contribution in [2.75, 3.05) is 13.7 Å². The lowest BCUT2D eigenvalue weighted by Gasteiger charge is -2.11. The summed E-state index contributed by atoms with van der Waals surface area (Å²) in [4.78, 5) is 11.9. The maximum absolute atomic E-state index is 12.2. The highest BCUT2D eigenvalue weighted by Gasteiger charge is 2.13. The Hall–Kier alpha value is -1.85. The van der Waals surface area contributed by atoms with Gasteiger partial charge in [0.25, 0.3) is 5.91 Å². The molecular weight excluding hydrogens is 280 g/mol. The molecule has 1 aromatic carbocycles. The maximum Gasteiger partial charge on any atom is 0.387 e. The molecule has 0 saturated heterocycles. The molecule has 0 aliphatic heterocycles. The summed E-state index contributed by atoms with van der Waals surface area (Å²) in [6, 6.07) is 4.11. The van der Waals surface area contributed by atoms with Crippen molar-refractivity contribution in [2.45, 2.75) is 33.3 Å². The molecule has 0 radical (unpaired) electrons. The molecular formula is C15H21F2NO3. The van der Waals surface area contributed by atoms with Gasteiger partial charge in [0.05, 0.1) is 7.11 Å². The quantitative estimate of drug-likeness (QED) is 0.748. The molecule has 0 aliphatic rings. The van der Waals surface area contributed by atoms with Crippen molar-refractivity contribution < 1.29 is 23.0 Å². The first-order valence-corrected chi connectivity index (χ1v) is 6.85. The molecule has 1 amide bonds. The molecule has 0 aromatic heterocycles. The fourth-order valence-electron chi connectivity index (χ4n) is 1.82. The monoisotopic (exact) mass is 301 g/mol. The second-order valence-corrected chi connectivity index (χ2v) is 5.04. The maximum atomic E-state index is 12.2. The predicted molar refractivity (Wildman–Crippen MR) is 76.0 cm³/mol. The van der Waals surface area contributed by atoms with Crippen LogP contribution in [0.1, 0.15) is 37.0 Å². The van der Waals surface area contributed by atoms with E-state index >= 15 is 0 Å². The van der Waals surface area contributed by atoms with Gasteiger partial charge in [0.2, 0.25) is 0 Å². The molecule has 0 fully saturated rings. The van der Waals surface area contributed by atoms with E-state index in [0.717, 1.165) is 12.8 Å². The van der Waals surface area contributed by atoms with E-state index in [0.29, 0.717) is 18.0 Å². The first-order valence-electron chi connectivity index (χ1n) is 6.85. The van der Waals surface area contributed by atoms with Gasteiger partial charge in [-0.3, -0.25) is 4.79 Å². The summed E-state index contributed by atoms with van der Waals surface area (Å²) in [5, 5.41) is 2.78. The number of nitrogens with one attached hydrogen (secondary N) is 1. The highest BCUT2D eigenvalue weighted by Crippen LogP contribution is 2.29. The number of hydrogen-bond acceptors (Lipinski definition) is 3. The summed E-state index contributed by atoms with van der Waals surface area (Å²) in [7, 11) is 1.33. The largest absolute Gasteiger partial charge is 0.493 e. The fourth-order valence-corrected chi connectivity index (χ4v) is 1.82. The molecule has 0 aliphatic carbocycles. The van der Waals surface area contributed by atoms with E-state index < -0.39 is 6.61 Å². The smallest absolute Gasteiger partial charge is 0.387 e. The molecule has 6 heteroatoms. The molecule has 0 atom stereocenters. The minimum atomic E-state index is -2.94. The van der Waals surface area contributed by atoms with Crippen LogP contribution in [0.4, 0.5) is 8.78 Å². The SMILES string of the molecule is COc1cc(C(=O)NCCCC(C)C)ccc1OC(F)F. The van der Waals surface area contributed by atoms with Crippen molar-refractivity contribution in [2.24, 2.45) is 5.92 Å². The van der Waals surface area contributed by atoms with E-state index in [1.165, 1.54) is 25.3 Å². The zero-order valence-corrected chi connectivity index (χ0v) is 12.5. The summed E-state index contributed by atoms with van der Waals surface area (Å²) in [6.45, 7) is 1.88. The number of methoxy groups -OCH3 is 1. The predicted octanol–water partition coefficient (Wildman–Crippen LogP) is 3.46. The molecule has 118 valence electrons. The first-order chi connectivity index (χ1) is 9.93.